The summed E-state index contributed by atoms with van der Waals surface area (Å²) < 4.78 is 42.9. The molecule has 0 bridgehead atoms. The van der Waals surface area contributed by atoms with E-state index in [0.29, 0.717) is 12.2 Å². The number of halogens is 1. The fraction of sp³-hybridized carbons (Fsp3) is 0.267. The molecule has 6 rings (SSSR count). The third-order valence-electron chi connectivity index (χ3n) is 7.49. The summed E-state index contributed by atoms with van der Waals surface area (Å²) in [4.78, 5) is 10.1. The number of sulfonamides is 1. The highest BCUT2D eigenvalue weighted by atomic mass is 32.2. The van der Waals surface area contributed by atoms with E-state index in [-0.39, 0.29) is 5.82 Å². The van der Waals surface area contributed by atoms with Crippen molar-refractivity contribution in [3.63, 3.8) is 0 Å². The number of aryl methyl sites for hydroxylation is 1. The van der Waals surface area contributed by atoms with Gasteiger partial charge < -0.3 is 15.2 Å². The first-order valence-electron chi connectivity index (χ1n) is 13.5. The van der Waals surface area contributed by atoms with E-state index < -0.39 is 10.0 Å². The number of anilines is 2. The van der Waals surface area contributed by atoms with Crippen LogP contribution in [0, 0.1) is 19.7 Å². The van der Waals surface area contributed by atoms with Crippen molar-refractivity contribution >= 4 is 32.4 Å². The van der Waals surface area contributed by atoms with Crippen molar-refractivity contribution in [1.82, 2.24) is 25.1 Å². The lowest BCUT2D eigenvalue weighted by atomic mass is 10.0. The molecule has 2 aromatic carbocycles. The van der Waals surface area contributed by atoms with Crippen LogP contribution in [0.25, 0.3) is 33.3 Å². The van der Waals surface area contributed by atoms with Crippen molar-refractivity contribution in [1.29, 1.82) is 0 Å². The van der Waals surface area contributed by atoms with E-state index in [1.54, 1.807) is 12.3 Å². The Balaban J connectivity index is 1.39. The molecule has 4 heterocycles. The first-order valence-corrected chi connectivity index (χ1v) is 15.4. The van der Waals surface area contributed by atoms with Gasteiger partial charge in [0.15, 0.2) is 0 Å². The second-order valence-electron chi connectivity index (χ2n) is 10.5. The van der Waals surface area contributed by atoms with Gasteiger partial charge in [-0.15, -0.1) is 0 Å². The van der Waals surface area contributed by atoms with Crippen molar-refractivity contribution in [2.75, 3.05) is 42.1 Å². The zero-order valence-electron chi connectivity index (χ0n) is 23.2. The van der Waals surface area contributed by atoms with E-state index in [4.69, 9.17) is 5.10 Å². The SMILES string of the molecule is Cc1nn(Cc2cccc(F)c2)c(C)c1-c1c[nH]c2ncc(-c3ccc(N4CCNCC4)c(NS(C)(=O)=O)c3)cc12. The molecule has 0 unspecified atom stereocenters. The summed E-state index contributed by atoms with van der Waals surface area (Å²) >= 11 is 0. The molecule has 1 aliphatic heterocycles. The molecule has 1 fully saturated rings. The van der Waals surface area contributed by atoms with Gasteiger partial charge in [-0.1, -0.05) is 18.2 Å². The Labute approximate surface area is 238 Å². The molecule has 3 N–H and O–H groups in total. The van der Waals surface area contributed by atoms with Crippen LogP contribution < -0.4 is 14.9 Å². The summed E-state index contributed by atoms with van der Waals surface area (Å²) in [7, 11) is -3.48. The lowest BCUT2D eigenvalue weighted by Gasteiger charge is -2.31. The lowest BCUT2D eigenvalue weighted by Crippen LogP contribution is -2.43. The van der Waals surface area contributed by atoms with Gasteiger partial charge in [0.05, 0.1) is 29.9 Å². The highest BCUT2D eigenvalue weighted by Gasteiger charge is 2.20. The zero-order valence-corrected chi connectivity index (χ0v) is 24.0. The number of aromatic amines is 1. The van der Waals surface area contributed by atoms with Gasteiger partial charge in [0, 0.05) is 66.3 Å². The highest BCUT2D eigenvalue weighted by Crippen LogP contribution is 2.37. The van der Waals surface area contributed by atoms with Crippen LogP contribution in [-0.2, 0) is 16.6 Å². The standard InChI is InChI=1S/C30H32FN7O2S/c1-19-29(20(2)38(35-19)18-21-5-4-6-24(31)13-21)26-17-34-30-25(26)14-23(16-33-30)22-7-8-28(37-11-9-32-10-12-37)27(15-22)36-41(3,39)40/h4-8,13-17,32,36H,9-12,18H2,1-3H3,(H,33,34). The van der Waals surface area contributed by atoms with E-state index in [1.807, 2.05) is 49.0 Å². The number of hydrogen-bond acceptors (Lipinski definition) is 6. The van der Waals surface area contributed by atoms with Crippen LogP contribution in [0.5, 0.6) is 0 Å². The third-order valence-corrected chi connectivity index (χ3v) is 8.08. The second-order valence-corrected chi connectivity index (χ2v) is 12.2. The van der Waals surface area contributed by atoms with Crippen LogP contribution in [0.1, 0.15) is 17.0 Å². The number of aromatic nitrogens is 4. The van der Waals surface area contributed by atoms with Gasteiger partial charge in [-0.3, -0.25) is 9.40 Å². The van der Waals surface area contributed by atoms with Crippen molar-refractivity contribution in [3.8, 4) is 22.3 Å². The highest BCUT2D eigenvalue weighted by molar-refractivity contribution is 7.92. The number of nitrogens with zero attached hydrogens (tertiary/aromatic N) is 4. The number of fused-ring (bicyclic) bond motifs is 1. The number of hydrogen-bond donors (Lipinski definition) is 3. The monoisotopic (exact) mass is 573 g/mol. The number of benzene rings is 2. The van der Waals surface area contributed by atoms with E-state index >= 15 is 0 Å². The van der Waals surface area contributed by atoms with Gasteiger partial charge in [-0.2, -0.15) is 5.10 Å². The number of H-pyrrole nitrogens is 1. The molecule has 0 saturated carbocycles. The van der Waals surface area contributed by atoms with Crippen LogP contribution in [0.3, 0.4) is 0 Å². The van der Waals surface area contributed by atoms with Gasteiger partial charge in [0.2, 0.25) is 10.0 Å². The minimum atomic E-state index is -3.48. The van der Waals surface area contributed by atoms with Crippen LogP contribution >= 0.6 is 0 Å². The topological polar surface area (TPSA) is 108 Å². The second kappa shape index (κ2) is 10.6. The van der Waals surface area contributed by atoms with Crippen molar-refractivity contribution in [2.45, 2.75) is 20.4 Å². The molecule has 41 heavy (non-hydrogen) atoms. The van der Waals surface area contributed by atoms with Crippen molar-refractivity contribution < 1.29 is 12.8 Å². The molecule has 5 aromatic rings. The molecular weight excluding hydrogens is 541 g/mol. The first kappa shape index (κ1) is 27.0. The quantitative estimate of drug-likeness (QED) is 0.261. The first-order chi connectivity index (χ1) is 19.7. The van der Waals surface area contributed by atoms with E-state index in [0.717, 1.165) is 82.1 Å². The van der Waals surface area contributed by atoms with Gasteiger partial charge >= 0.3 is 0 Å². The molecule has 0 aliphatic carbocycles. The van der Waals surface area contributed by atoms with Gasteiger partial charge in [-0.25, -0.2) is 17.8 Å². The Morgan fingerprint density at radius 1 is 1.05 bits per heavy atom. The maximum absolute atomic E-state index is 13.8. The molecule has 212 valence electrons. The Morgan fingerprint density at radius 3 is 2.61 bits per heavy atom. The Kier molecular flexibility index (Phi) is 7.00. The largest absolute Gasteiger partial charge is 0.367 e. The molecule has 3 aromatic heterocycles. The fourth-order valence-corrected chi connectivity index (χ4v) is 6.16. The van der Waals surface area contributed by atoms with E-state index in [2.05, 4.69) is 31.0 Å². The Morgan fingerprint density at radius 2 is 1.85 bits per heavy atom. The average Bonchev–Trinajstić information content (AvgIpc) is 3.47. The van der Waals surface area contributed by atoms with Gasteiger partial charge in [0.25, 0.3) is 0 Å². The van der Waals surface area contributed by atoms with Crippen LogP contribution in [0.2, 0.25) is 0 Å². The zero-order chi connectivity index (χ0) is 28.7. The fourth-order valence-electron chi connectivity index (χ4n) is 5.60. The predicted molar refractivity (Wildman–Crippen MR) is 161 cm³/mol. The molecule has 0 amide bonds. The average molecular weight is 574 g/mol. The summed E-state index contributed by atoms with van der Waals surface area (Å²) in [6, 6.07) is 14.5. The molecule has 0 radical (unpaired) electrons. The predicted octanol–water partition coefficient (Wildman–Crippen LogP) is 4.68. The summed E-state index contributed by atoms with van der Waals surface area (Å²) in [6.07, 6.45) is 4.90. The normalized spacial score (nSPS) is 14.1. The Hall–Kier alpha value is -4.22. The number of pyridine rings is 1. The third kappa shape index (κ3) is 5.55. The summed E-state index contributed by atoms with van der Waals surface area (Å²) in [5, 5.41) is 9.03. The smallest absolute Gasteiger partial charge is 0.229 e. The number of nitrogens with one attached hydrogen (secondary N) is 3. The number of piperazine rings is 1. The molecule has 9 nitrogen and oxygen atoms in total. The molecule has 0 spiro atoms. The molecule has 11 heteroatoms. The van der Waals surface area contributed by atoms with Gasteiger partial charge in [-0.05, 0) is 55.3 Å². The maximum atomic E-state index is 13.8. The molecular formula is C30H32FN7O2S. The molecule has 1 saturated heterocycles. The minimum absolute atomic E-state index is 0.268. The Bertz CT molecular complexity index is 1860. The van der Waals surface area contributed by atoms with Crippen LogP contribution in [0.4, 0.5) is 15.8 Å². The lowest BCUT2D eigenvalue weighted by molar-refractivity contribution is 0.589. The summed E-state index contributed by atoms with van der Waals surface area (Å²) in [6.45, 7) is 7.73. The van der Waals surface area contributed by atoms with Crippen LogP contribution in [-0.4, -0.2) is 60.6 Å². The van der Waals surface area contributed by atoms with Gasteiger partial charge in [0.1, 0.15) is 11.5 Å². The van der Waals surface area contributed by atoms with E-state index in [1.165, 1.54) is 18.4 Å². The van der Waals surface area contributed by atoms with Crippen molar-refractivity contribution in [3.05, 3.63) is 83.7 Å². The molecule has 0 atom stereocenters. The van der Waals surface area contributed by atoms with Crippen molar-refractivity contribution in [2.24, 2.45) is 0 Å². The summed E-state index contributed by atoms with van der Waals surface area (Å²) in [5.74, 6) is -0.268. The maximum Gasteiger partial charge on any atom is 0.229 e. The van der Waals surface area contributed by atoms with Crippen LogP contribution in [0.15, 0.2) is 60.9 Å². The number of rotatable bonds is 7. The molecule has 1 aliphatic rings. The van der Waals surface area contributed by atoms with E-state index in [9.17, 15) is 12.8 Å². The summed E-state index contributed by atoms with van der Waals surface area (Å²) in [5.41, 5.74) is 8.52. The minimum Gasteiger partial charge on any atom is -0.367 e.